The third kappa shape index (κ3) is 4.68. The van der Waals surface area contributed by atoms with E-state index in [0.29, 0.717) is 38.3 Å². The highest BCUT2D eigenvalue weighted by atomic mass is 35.5. The molecule has 0 aliphatic heterocycles. The molecule has 172 valence electrons. The fourth-order valence-electron chi connectivity index (χ4n) is 4.65. The maximum absolute atomic E-state index is 13.4. The average Bonchev–Trinajstić information content (AvgIpc) is 2.89. The number of thioether (sulfide) groups is 1. The molecular formula is C28H25ClN2O2S. The molecule has 1 aliphatic rings. The summed E-state index contributed by atoms with van der Waals surface area (Å²) in [5.74, 6) is 0.797. The number of ketones is 1. The van der Waals surface area contributed by atoms with Gasteiger partial charge in [-0.3, -0.25) is 14.2 Å². The molecular weight excluding hydrogens is 464 g/mol. The molecule has 4 aromatic rings. The lowest BCUT2D eigenvalue weighted by Crippen LogP contribution is -2.22. The van der Waals surface area contributed by atoms with E-state index in [9.17, 15) is 9.59 Å². The molecule has 1 aromatic heterocycles. The summed E-state index contributed by atoms with van der Waals surface area (Å²) in [5.41, 5.74) is 2.96. The number of Topliss-reactive ketones (excluding diaryl/α,β-unsaturated/α-hetero) is 1. The van der Waals surface area contributed by atoms with E-state index in [4.69, 9.17) is 16.6 Å². The van der Waals surface area contributed by atoms with Crippen molar-refractivity contribution in [3.63, 3.8) is 0 Å². The summed E-state index contributed by atoms with van der Waals surface area (Å²) in [6, 6.07) is 22.5. The summed E-state index contributed by atoms with van der Waals surface area (Å²) in [5, 5.41) is 1.41. The zero-order valence-corrected chi connectivity index (χ0v) is 20.3. The summed E-state index contributed by atoms with van der Waals surface area (Å²) in [7, 11) is 0. The van der Waals surface area contributed by atoms with E-state index >= 15 is 0 Å². The summed E-state index contributed by atoms with van der Waals surface area (Å²) in [6.07, 6.45) is 6.36. The van der Waals surface area contributed by atoms with E-state index in [-0.39, 0.29) is 17.1 Å². The molecule has 0 atom stereocenters. The second-order valence-corrected chi connectivity index (χ2v) is 10.0. The maximum atomic E-state index is 13.4. The standard InChI is InChI=1S/C28H25ClN2O2S/c29-23-11-5-7-13-25(23)31-27(33)22-10-4-6-12-24(22)30-28(31)34-18-26(32)21-16-14-20(15-17-21)19-8-2-1-3-9-19/h4-7,10-17,19H,1-3,8-9,18H2. The van der Waals surface area contributed by atoms with E-state index in [1.807, 2.05) is 42.5 Å². The first kappa shape index (κ1) is 22.9. The van der Waals surface area contributed by atoms with E-state index in [0.717, 1.165) is 0 Å². The van der Waals surface area contributed by atoms with E-state index in [2.05, 4.69) is 12.1 Å². The molecule has 4 nitrogen and oxygen atoms in total. The van der Waals surface area contributed by atoms with Crippen molar-refractivity contribution in [2.75, 3.05) is 5.75 Å². The van der Waals surface area contributed by atoms with Crippen LogP contribution in [-0.2, 0) is 0 Å². The van der Waals surface area contributed by atoms with Crippen LogP contribution >= 0.6 is 23.4 Å². The van der Waals surface area contributed by atoms with Gasteiger partial charge in [-0.15, -0.1) is 0 Å². The molecule has 0 bridgehead atoms. The van der Waals surface area contributed by atoms with E-state index < -0.39 is 0 Å². The molecule has 5 rings (SSSR count). The Morgan fingerprint density at radius 2 is 1.65 bits per heavy atom. The number of halogens is 1. The number of fused-ring (bicyclic) bond motifs is 1. The number of benzene rings is 3. The minimum absolute atomic E-state index is 0.00769. The van der Waals surface area contributed by atoms with Gasteiger partial charge in [-0.2, -0.15) is 0 Å². The van der Waals surface area contributed by atoms with Gasteiger partial charge >= 0.3 is 0 Å². The largest absolute Gasteiger partial charge is 0.293 e. The predicted octanol–water partition coefficient (Wildman–Crippen LogP) is 7.06. The minimum atomic E-state index is -0.203. The zero-order valence-electron chi connectivity index (χ0n) is 18.7. The van der Waals surface area contributed by atoms with Crippen LogP contribution in [0.1, 0.15) is 53.9 Å². The summed E-state index contributed by atoms with van der Waals surface area (Å²) < 4.78 is 1.51. The van der Waals surface area contributed by atoms with Gasteiger partial charge in [0.1, 0.15) is 0 Å². The number of aromatic nitrogens is 2. The fraction of sp³-hybridized carbons (Fsp3) is 0.250. The molecule has 6 heteroatoms. The SMILES string of the molecule is O=C(CSc1nc2ccccc2c(=O)n1-c1ccccc1Cl)c1ccc(C2CCCCC2)cc1. The Balaban J connectivity index is 1.42. The second-order valence-electron chi connectivity index (χ2n) is 8.67. The van der Waals surface area contributed by atoms with Crippen molar-refractivity contribution in [1.82, 2.24) is 9.55 Å². The lowest BCUT2D eigenvalue weighted by atomic mass is 9.84. The highest BCUT2D eigenvalue weighted by molar-refractivity contribution is 7.99. The van der Waals surface area contributed by atoms with Crippen LogP contribution in [0.5, 0.6) is 0 Å². The third-order valence-corrected chi connectivity index (χ3v) is 7.74. The van der Waals surface area contributed by atoms with Crippen molar-refractivity contribution >= 4 is 40.0 Å². The molecule has 1 fully saturated rings. The van der Waals surface area contributed by atoms with Gasteiger partial charge in [-0.1, -0.05) is 91.2 Å². The Hall–Kier alpha value is -2.89. The molecule has 1 saturated carbocycles. The maximum Gasteiger partial charge on any atom is 0.266 e. The number of para-hydroxylation sites is 2. The second kappa shape index (κ2) is 10.2. The summed E-state index contributed by atoms with van der Waals surface area (Å²) in [6.45, 7) is 0. The van der Waals surface area contributed by atoms with Crippen LogP contribution in [0.15, 0.2) is 82.7 Å². The first-order valence-corrected chi connectivity index (χ1v) is 13.0. The Morgan fingerprint density at radius 1 is 0.941 bits per heavy atom. The monoisotopic (exact) mass is 488 g/mol. The van der Waals surface area contributed by atoms with Gasteiger partial charge in [0.2, 0.25) is 0 Å². The van der Waals surface area contributed by atoms with Gasteiger partial charge in [-0.25, -0.2) is 4.98 Å². The molecule has 0 radical (unpaired) electrons. The Bertz CT molecular complexity index is 1390. The first-order valence-electron chi connectivity index (χ1n) is 11.6. The predicted molar refractivity (Wildman–Crippen MR) is 140 cm³/mol. The summed E-state index contributed by atoms with van der Waals surface area (Å²) in [4.78, 5) is 31.1. The number of carbonyl (C=O) groups is 1. The Kier molecular flexibility index (Phi) is 6.84. The molecule has 0 N–H and O–H groups in total. The molecule has 0 unspecified atom stereocenters. The quantitative estimate of drug-likeness (QED) is 0.165. The molecule has 0 amide bonds. The van der Waals surface area contributed by atoms with Gasteiger partial charge in [0, 0.05) is 5.56 Å². The van der Waals surface area contributed by atoms with Gasteiger partial charge < -0.3 is 0 Å². The van der Waals surface area contributed by atoms with Crippen molar-refractivity contribution in [1.29, 1.82) is 0 Å². The van der Waals surface area contributed by atoms with Gasteiger partial charge in [0.15, 0.2) is 10.9 Å². The number of hydrogen-bond donors (Lipinski definition) is 0. The normalized spacial score (nSPS) is 14.4. The van der Waals surface area contributed by atoms with E-state index in [1.54, 1.807) is 18.2 Å². The average molecular weight is 489 g/mol. The van der Waals surface area contributed by atoms with Crippen LogP contribution in [0, 0.1) is 0 Å². The molecule has 1 heterocycles. The smallest absolute Gasteiger partial charge is 0.266 e. The van der Waals surface area contributed by atoms with Gasteiger partial charge in [-0.05, 0) is 48.6 Å². The third-order valence-electron chi connectivity index (χ3n) is 6.48. The van der Waals surface area contributed by atoms with Crippen LogP contribution in [0.25, 0.3) is 16.6 Å². The number of hydrogen-bond acceptors (Lipinski definition) is 4. The number of rotatable bonds is 6. The van der Waals surface area contributed by atoms with Crippen LogP contribution < -0.4 is 5.56 Å². The number of carbonyl (C=O) groups excluding carboxylic acids is 1. The molecule has 34 heavy (non-hydrogen) atoms. The van der Waals surface area contributed by atoms with Crippen LogP contribution in [0.4, 0.5) is 0 Å². The topological polar surface area (TPSA) is 52.0 Å². The van der Waals surface area contributed by atoms with Gasteiger partial charge in [0.25, 0.3) is 5.56 Å². The van der Waals surface area contributed by atoms with Crippen LogP contribution in [0.2, 0.25) is 5.02 Å². The van der Waals surface area contributed by atoms with Crippen molar-refractivity contribution in [3.8, 4) is 5.69 Å². The van der Waals surface area contributed by atoms with Crippen molar-refractivity contribution in [2.45, 2.75) is 43.2 Å². The number of nitrogens with zero attached hydrogens (tertiary/aromatic N) is 2. The van der Waals surface area contributed by atoms with Crippen LogP contribution in [0.3, 0.4) is 0 Å². The molecule has 1 aliphatic carbocycles. The summed E-state index contributed by atoms with van der Waals surface area (Å²) >= 11 is 7.69. The lowest BCUT2D eigenvalue weighted by Gasteiger charge is -2.22. The fourth-order valence-corrected chi connectivity index (χ4v) is 5.77. The zero-order chi connectivity index (χ0) is 23.5. The highest BCUT2D eigenvalue weighted by Gasteiger charge is 2.18. The van der Waals surface area contributed by atoms with Crippen molar-refractivity contribution in [2.24, 2.45) is 0 Å². The minimum Gasteiger partial charge on any atom is -0.293 e. The Labute approximate surface area is 208 Å². The molecule has 0 saturated heterocycles. The first-order chi connectivity index (χ1) is 16.6. The molecule has 0 spiro atoms. The Morgan fingerprint density at radius 3 is 2.41 bits per heavy atom. The van der Waals surface area contributed by atoms with E-state index in [1.165, 1.54) is 54.0 Å². The van der Waals surface area contributed by atoms with Crippen molar-refractivity contribution < 1.29 is 4.79 Å². The lowest BCUT2D eigenvalue weighted by molar-refractivity contribution is 0.102. The van der Waals surface area contributed by atoms with Gasteiger partial charge in [0.05, 0.1) is 27.4 Å². The molecule has 3 aromatic carbocycles. The van der Waals surface area contributed by atoms with Crippen molar-refractivity contribution in [3.05, 3.63) is 99.3 Å². The van der Waals surface area contributed by atoms with Crippen LogP contribution in [-0.4, -0.2) is 21.1 Å². The highest BCUT2D eigenvalue weighted by Crippen LogP contribution is 2.33.